The summed E-state index contributed by atoms with van der Waals surface area (Å²) in [6.45, 7) is 8.06. The molecule has 0 atom stereocenters. The summed E-state index contributed by atoms with van der Waals surface area (Å²) < 4.78 is 17.2. The standard InChI is InChI=1S/C15H23BN2O3S/c1-14(2)15(3,4)21-16(20-14)10(9-22)8-12-11(17)6-7-13(18-12)19-5/h6-8,22H,9,17H2,1-5H3. The van der Waals surface area contributed by atoms with Gasteiger partial charge in [0.05, 0.1) is 29.7 Å². The molecule has 0 saturated carbocycles. The van der Waals surface area contributed by atoms with Crippen LogP contribution in [0.25, 0.3) is 6.08 Å². The molecular weight excluding hydrogens is 299 g/mol. The van der Waals surface area contributed by atoms with E-state index in [4.69, 9.17) is 19.8 Å². The fourth-order valence-electron chi connectivity index (χ4n) is 2.05. The maximum absolute atomic E-state index is 6.05. The smallest absolute Gasteiger partial charge is 0.481 e. The first-order valence-corrected chi connectivity index (χ1v) is 7.81. The van der Waals surface area contributed by atoms with Crippen LogP contribution < -0.4 is 10.5 Å². The Balaban J connectivity index is 2.33. The molecule has 2 heterocycles. The van der Waals surface area contributed by atoms with E-state index in [-0.39, 0.29) is 0 Å². The van der Waals surface area contributed by atoms with Gasteiger partial charge < -0.3 is 19.8 Å². The predicted octanol–water partition coefficient (Wildman–Crippen LogP) is 2.62. The minimum atomic E-state index is -0.463. The largest absolute Gasteiger partial charge is 0.491 e. The van der Waals surface area contributed by atoms with Crippen LogP contribution >= 0.6 is 12.6 Å². The summed E-state index contributed by atoms with van der Waals surface area (Å²) in [7, 11) is 1.11. The molecule has 1 aromatic rings. The number of thiol groups is 1. The Morgan fingerprint density at radius 3 is 2.41 bits per heavy atom. The lowest BCUT2D eigenvalue weighted by Crippen LogP contribution is -2.41. The highest BCUT2D eigenvalue weighted by atomic mass is 32.1. The number of rotatable bonds is 4. The zero-order valence-electron chi connectivity index (χ0n) is 13.7. The van der Waals surface area contributed by atoms with E-state index in [1.165, 1.54) is 0 Å². The second-order valence-corrected chi connectivity index (χ2v) is 6.61. The van der Waals surface area contributed by atoms with Crippen LogP contribution in [0, 0.1) is 0 Å². The van der Waals surface area contributed by atoms with Gasteiger partial charge in [0.2, 0.25) is 5.88 Å². The van der Waals surface area contributed by atoms with Crippen molar-refractivity contribution >= 4 is 31.5 Å². The summed E-state index contributed by atoms with van der Waals surface area (Å²) in [6.07, 6.45) is 1.85. The topological polar surface area (TPSA) is 66.6 Å². The molecule has 2 N–H and O–H groups in total. The second kappa shape index (κ2) is 6.14. The molecule has 2 rings (SSSR count). The Bertz CT molecular complexity index is 574. The van der Waals surface area contributed by atoms with E-state index in [2.05, 4.69) is 17.6 Å². The number of aromatic nitrogens is 1. The van der Waals surface area contributed by atoms with Gasteiger partial charge in [0.15, 0.2) is 0 Å². The molecule has 0 unspecified atom stereocenters. The molecule has 5 nitrogen and oxygen atoms in total. The second-order valence-electron chi connectivity index (χ2n) is 6.29. The third kappa shape index (κ3) is 3.26. The predicted molar refractivity (Wildman–Crippen MR) is 93.1 cm³/mol. The fourth-order valence-corrected chi connectivity index (χ4v) is 2.29. The summed E-state index contributed by atoms with van der Waals surface area (Å²) in [5, 5.41) is 0. The van der Waals surface area contributed by atoms with Gasteiger partial charge in [-0.15, -0.1) is 0 Å². The van der Waals surface area contributed by atoms with E-state index < -0.39 is 18.3 Å². The van der Waals surface area contributed by atoms with Crippen LogP contribution in [-0.2, 0) is 9.31 Å². The summed E-state index contributed by atoms with van der Waals surface area (Å²) in [6, 6.07) is 3.49. The minimum absolute atomic E-state index is 0.396. The monoisotopic (exact) mass is 322 g/mol. The lowest BCUT2D eigenvalue weighted by atomic mass is 9.78. The molecule has 1 aliphatic rings. The molecule has 0 spiro atoms. The van der Waals surface area contributed by atoms with E-state index in [1.54, 1.807) is 19.2 Å². The normalized spacial score (nSPS) is 20.3. The third-order valence-electron chi connectivity index (χ3n) is 4.20. The molecule has 0 aromatic carbocycles. The summed E-state index contributed by atoms with van der Waals surface area (Å²) in [5.74, 6) is 0.989. The zero-order valence-corrected chi connectivity index (χ0v) is 14.6. The number of methoxy groups -OCH3 is 1. The Hall–Kier alpha value is -1.18. The number of nitrogen functional groups attached to an aromatic ring is 1. The molecule has 1 saturated heterocycles. The molecule has 0 aliphatic carbocycles. The van der Waals surface area contributed by atoms with Gasteiger partial charge in [-0.3, -0.25) is 0 Å². The van der Waals surface area contributed by atoms with Crippen molar-refractivity contribution in [3.63, 3.8) is 0 Å². The van der Waals surface area contributed by atoms with Gasteiger partial charge in [0.1, 0.15) is 0 Å². The molecule has 7 heteroatoms. The zero-order chi connectivity index (χ0) is 16.5. The number of ether oxygens (including phenoxy) is 1. The average molecular weight is 322 g/mol. The Labute approximate surface area is 137 Å². The van der Waals surface area contributed by atoms with Crippen LogP contribution in [0.1, 0.15) is 33.4 Å². The van der Waals surface area contributed by atoms with Crippen molar-refractivity contribution < 1.29 is 14.0 Å². The van der Waals surface area contributed by atoms with Crippen molar-refractivity contribution in [3.05, 3.63) is 23.3 Å². The molecule has 22 heavy (non-hydrogen) atoms. The van der Waals surface area contributed by atoms with E-state index >= 15 is 0 Å². The third-order valence-corrected chi connectivity index (χ3v) is 4.57. The van der Waals surface area contributed by atoms with Crippen molar-refractivity contribution in [2.75, 3.05) is 18.6 Å². The fraction of sp³-hybridized carbons (Fsp3) is 0.533. The molecule has 0 bridgehead atoms. The Kier molecular flexibility index (Phi) is 4.80. The van der Waals surface area contributed by atoms with Crippen LogP contribution in [0.15, 0.2) is 17.6 Å². The molecule has 120 valence electrons. The lowest BCUT2D eigenvalue weighted by Gasteiger charge is -2.32. The highest BCUT2D eigenvalue weighted by Crippen LogP contribution is 2.39. The number of anilines is 1. The highest BCUT2D eigenvalue weighted by Gasteiger charge is 2.52. The molecule has 1 aromatic heterocycles. The van der Waals surface area contributed by atoms with E-state index in [0.29, 0.717) is 23.0 Å². The van der Waals surface area contributed by atoms with Crippen LogP contribution in [0.3, 0.4) is 0 Å². The minimum Gasteiger partial charge on any atom is -0.481 e. The van der Waals surface area contributed by atoms with Crippen molar-refractivity contribution in [2.45, 2.75) is 38.9 Å². The van der Waals surface area contributed by atoms with Crippen molar-refractivity contribution in [1.82, 2.24) is 4.98 Å². The van der Waals surface area contributed by atoms with Gasteiger partial charge in [-0.25, -0.2) is 4.98 Å². The first-order valence-electron chi connectivity index (χ1n) is 7.17. The summed E-state index contributed by atoms with van der Waals surface area (Å²) in [4.78, 5) is 4.35. The number of hydrogen-bond acceptors (Lipinski definition) is 6. The summed E-state index contributed by atoms with van der Waals surface area (Å²) >= 11 is 4.39. The quantitative estimate of drug-likeness (QED) is 0.659. The molecule has 0 radical (unpaired) electrons. The first-order chi connectivity index (χ1) is 10.2. The van der Waals surface area contributed by atoms with Gasteiger partial charge in [-0.1, -0.05) is 0 Å². The number of pyridine rings is 1. The summed E-state index contributed by atoms with van der Waals surface area (Å²) in [5.41, 5.74) is 7.25. The Morgan fingerprint density at radius 1 is 1.32 bits per heavy atom. The van der Waals surface area contributed by atoms with Crippen molar-refractivity contribution in [1.29, 1.82) is 0 Å². The Morgan fingerprint density at radius 2 is 1.91 bits per heavy atom. The maximum Gasteiger partial charge on any atom is 0.491 e. The molecular formula is C15H23BN2O3S. The molecule has 0 amide bonds. The van der Waals surface area contributed by atoms with E-state index in [9.17, 15) is 0 Å². The number of hydrogen-bond donors (Lipinski definition) is 2. The SMILES string of the molecule is COc1ccc(N)c(C=C(CS)B2OC(C)(C)C(C)(C)O2)n1. The number of nitrogens with zero attached hydrogens (tertiary/aromatic N) is 1. The van der Waals surface area contributed by atoms with Gasteiger partial charge in [-0.05, 0) is 45.3 Å². The maximum atomic E-state index is 6.05. The first kappa shape index (κ1) is 17.2. The van der Waals surface area contributed by atoms with E-state index in [0.717, 1.165) is 5.47 Å². The van der Waals surface area contributed by atoms with Crippen LogP contribution in [-0.4, -0.2) is 36.2 Å². The number of nitrogens with two attached hydrogens (primary N) is 1. The van der Waals surface area contributed by atoms with Crippen molar-refractivity contribution in [2.24, 2.45) is 0 Å². The van der Waals surface area contributed by atoms with Gasteiger partial charge >= 0.3 is 7.12 Å². The van der Waals surface area contributed by atoms with Gasteiger partial charge in [0, 0.05) is 11.8 Å². The van der Waals surface area contributed by atoms with Crippen molar-refractivity contribution in [3.8, 4) is 5.88 Å². The molecule has 1 aliphatic heterocycles. The van der Waals surface area contributed by atoms with Gasteiger partial charge in [0.25, 0.3) is 0 Å². The van der Waals surface area contributed by atoms with E-state index in [1.807, 2.05) is 33.8 Å². The van der Waals surface area contributed by atoms with Crippen LogP contribution in [0.4, 0.5) is 5.69 Å². The highest BCUT2D eigenvalue weighted by molar-refractivity contribution is 7.80. The van der Waals surface area contributed by atoms with Crippen LogP contribution in [0.5, 0.6) is 5.88 Å². The van der Waals surface area contributed by atoms with Gasteiger partial charge in [-0.2, -0.15) is 12.6 Å². The molecule has 1 fully saturated rings. The van der Waals surface area contributed by atoms with Crippen LogP contribution in [0.2, 0.25) is 0 Å². The average Bonchev–Trinajstić information content (AvgIpc) is 2.66. The lowest BCUT2D eigenvalue weighted by molar-refractivity contribution is 0.00578.